The van der Waals surface area contributed by atoms with Gasteiger partial charge in [-0.25, -0.2) is 4.98 Å². The first-order valence-corrected chi connectivity index (χ1v) is 8.80. The Labute approximate surface area is 128 Å². The number of aryl methyl sites for hydroxylation is 1. The molecule has 0 spiro atoms. The van der Waals surface area contributed by atoms with E-state index < -0.39 is 0 Å². The van der Waals surface area contributed by atoms with Gasteiger partial charge in [0.1, 0.15) is 0 Å². The number of rotatable bonds is 5. The van der Waals surface area contributed by atoms with Gasteiger partial charge in [0.25, 0.3) is 0 Å². The molecule has 1 aliphatic carbocycles. The van der Waals surface area contributed by atoms with E-state index in [9.17, 15) is 0 Å². The highest BCUT2D eigenvalue weighted by atomic mass is 15.2. The lowest BCUT2D eigenvalue weighted by Crippen LogP contribution is -2.35. The van der Waals surface area contributed by atoms with E-state index in [2.05, 4.69) is 34.8 Å². The minimum Gasteiger partial charge on any atom is -0.353 e. The minimum absolute atomic E-state index is 0.628. The number of imidazole rings is 1. The van der Waals surface area contributed by atoms with Gasteiger partial charge in [0, 0.05) is 31.4 Å². The maximum Gasteiger partial charge on any atom is 0.203 e. The van der Waals surface area contributed by atoms with Crippen LogP contribution in [0.2, 0.25) is 0 Å². The van der Waals surface area contributed by atoms with Gasteiger partial charge in [-0.05, 0) is 45.6 Å². The Morgan fingerprint density at radius 3 is 2.57 bits per heavy atom. The summed E-state index contributed by atoms with van der Waals surface area (Å²) in [6, 6.07) is 1.27. The fourth-order valence-corrected chi connectivity index (χ4v) is 3.89. The van der Waals surface area contributed by atoms with Crippen molar-refractivity contribution in [3.8, 4) is 0 Å². The van der Waals surface area contributed by atoms with Gasteiger partial charge in [0.15, 0.2) is 0 Å². The summed E-state index contributed by atoms with van der Waals surface area (Å²) in [7, 11) is 0. The van der Waals surface area contributed by atoms with E-state index in [4.69, 9.17) is 4.98 Å². The Hall–Kier alpha value is -1.03. The topological polar surface area (TPSA) is 33.1 Å². The highest BCUT2D eigenvalue weighted by Gasteiger charge is 2.24. The van der Waals surface area contributed by atoms with Gasteiger partial charge < -0.3 is 14.8 Å². The third-order valence-electron chi connectivity index (χ3n) is 5.03. The van der Waals surface area contributed by atoms with Crippen LogP contribution in [0.25, 0.3) is 0 Å². The number of likely N-dealkylation sites (tertiary alicyclic amines) is 1. The average Bonchev–Trinajstić information content (AvgIpc) is 3.10. The van der Waals surface area contributed by atoms with Crippen molar-refractivity contribution >= 4 is 5.95 Å². The molecule has 1 aromatic rings. The SMILES string of the molecule is CCCN1CCC(n2cc(C)nc2NC2CCCC2)CC1. The maximum atomic E-state index is 4.74. The van der Waals surface area contributed by atoms with Crippen LogP contribution in [0.4, 0.5) is 5.95 Å². The van der Waals surface area contributed by atoms with Gasteiger partial charge in [-0.1, -0.05) is 19.8 Å². The molecule has 3 rings (SSSR count). The van der Waals surface area contributed by atoms with Gasteiger partial charge >= 0.3 is 0 Å². The summed E-state index contributed by atoms with van der Waals surface area (Å²) in [5.41, 5.74) is 1.14. The van der Waals surface area contributed by atoms with E-state index in [1.807, 2.05) is 0 Å². The number of anilines is 1. The normalized spacial score (nSPS) is 22.0. The lowest BCUT2D eigenvalue weighted by molar-refractivity contribution is 0.187. The summed E-state index contributed by atoms with van der Waals surface area (Å²) in [4.78, 5) is 7.34. The molecule has 4 nitrogen and oxygen atoms in total. The maximum absolute atomic E-state index is 4.74. The summed E-state index contributed by atoms with van der Waals surface area (Å²) >= 11 is 0. The molecular weight excluding hydrogens is 260 g/mol. The highest BCUT2D eigenvalue weighted by Crippen LogP contribution is 2.28. The zero-order valence-electron chi connectivity index (χ0n) is 13.6. The van der Waals surface area contributed by atoms with Crippen molar-refractivity contribution in [1.82, 2.24) is 14.5 Å². The Morgan fingerprint density at radius 2 is 1.90 bits per heavy atom. The monoisotopic (exact) mass is 290 g/mol. The number of nitrogens with one attached hydrogen (secondary N) is 1. The molecule has 1 saturated heterocycles. The largest absolute Gasteiger partial charge is 0.353 e. The lowest BCUT2D eigenvalue weighted by atomic mass is 10.0. The average molecular weight is 290 g/mol. The van der Waals surface area contributed by atoms with Crippen LogP contribution in [0, 0.1) is 6.92 Å². The van der Waals surface area contributed by atoms with Crippen molar-refractivity contribution in [2.24, 2.45) is 0 Å². The van der Waals surface area contributed by atoms with Gasteiger partial charge in [-0.2, -0.15) is 0 Å². The summed E-state index contributed by atoms with van der Waals surface area (Å²) in [5, 5.41) is 3.70. The molecule has 0 unspecified atom stereocenters. The fourth-order valence-electron chi connectivity index (χ4n) is 3.89. The molecule has 0 aromatic carbocycles. The third kappa shape index (κ3) is 3.60. The first-order chi connectivity index (χ1) is 10.3. The van der Waals surface area contributed by atoms with Crippen molar-refractivity contribution in [3.63, 3.8) is 0 Å². The predicted octanol–water partition coefficient (Wildman–Crippen LogP) is 3.59. The number of hydrogen-bond acceptors (Lipinski definition) is 3. The molecular formula is C17H30N4. The molecule has 1 N–H and O–H groups in total. The van der Waals surface area contributed by atoms with Crippen LogP contribution in [0.1, 0.15) is 63.6 Å². The second-order valence-electron chi connectivity index (χ2n) is 6.81. The van der Waals surface area contributed by atoms with Gasteiger partial charge in [-0.15, -0.1) is 0 Å². The van der Waals surface area contributed by atoms with E-state index in [1.165, 1.54) is 64.6 Å². The van der Waals surface area contributed by atoms with E-state index in [1.54, 1.807) is 0 Å². The summed E-state index contributed by atoms with van der Waals surface area (Å²) in [6.45, 7) is 8.11. The van der Waals surface area contributed by atoms with Gasteiger partial charge in [-0.3, -0.25) is 0 Å². The van der Waals surface area contributed by atoms with Crippen LogP contribution < -0.4 is 5.32 Å². The van der Waals surface area contributed by atoms with Crippen LogP contribution in [0.5, 0.6) is 0 Å². The molecule has 1 aromatic heterocycles. The second kappa shape index (κ2) is 6.82. The smallest absolute Gasteiger partial charge is 0.203 e. The predicted molar refractivity (Wildman–Crippen MR) is 87.8 cm³/mol. The zero-order chi connectivity index (χ0) is 14.7. The van der Waals surface area contributed by atoms with Crippen LogP contribution in [0.15, 0.2) is 6.20 Å². The van der Waals surface area contributed by atoms with Crippen LogP contribution >= 0.6 is 0 Å². The van der Waals surface area contributed by atoms with E-state index in [-0.39, 0.29) is 0 Å². The molecule has 2 heterocycles. The van der Waals surface area contributed by atoms with Crippen LogP contribution in [-0.4, -0.2) is 40.1 Å². The van der Waals surface area contributed by atoms with Crippen molar-refractivity contribution in [2.75, 3.05) is 25.0 Å². The summed E-state index contributed by atoms with van der Waals surface area (Å²) in [6.07, 6.45) is 11.4. The molecule has 2 fully saturated rings. The zero-order valence-corrected chi connectivity index (χ0v) is 13.6. The van der Waals surface area contributed by atoms with Crippen molar-refractivity contribution in [2.45, 2.75) is 70.9 Å². The van der Waals surface area contributed by atoms with E-state index in [0.29, 0.717) is 12.1 Å². The van der Waals surface area contributed by atoms with Crippen molar-refractivity contribution < 1.29 is 0 Å². The quantitative estimate of drug-likeness (QED) is 0.899. The first kappa shape index (κ1) is 14.9. The van der Waals surface area contributed by atoms with Crippen molar-refractivity contribution in [1.29, 1.82) is 0 Å². The molecule has 1 saturated carbocycles. The van der Waals surface area contributed by atoms with Crippen LogP contribution in [0.3, 0.4) is 0 Å². The Morgan fingerprint density at radius 1 is 1.19 bits per heavy atom. The molecule has 0 radical (unpaired) electrons. The Kier molecular flexibility index (Phi) is 4.84. The van der Waals surface area contributed by atoms with Crippen LogP contribution in [-0.2, 0) is 0 Å². The number of nitrogens with zero attached hydrogens (tertiary/aromatic N) is 3. The molecule has 0 bridgehead atoms. The number of aromatic nitrogens is 2. The van der Waals surface area contributed by atoms with E-state index >= 15 is 0 Å². The second-order valence-corrected chi connectivity index (χ2v) is 6.81. The third-order valence-corrected chi connectivity index (χ3v) is 5.03. The van der Waals surface area contributed by atoms with Gasteiger partial charge in [0.2, 0.25) is 5.95 Å². The number of hydrogen-bond donors (Lipinski definition) is 1. The highest BCUT2D eigenvalue weighted by molar-refractivity contribution is 5.31. The molecule has 4 heteroatoms. The van der Waals surface area contributed by atoms with E-state index in [0.717, 1.165) is 11.6 Å². The molecule has 0 atom stereocenters. The Bertz CT molecular complexity index is 440. The van der Waals surface area contributed by atoms with Gasteiger partial charge in [0.05, 0.1) is 5.69 Å². The van der Waals surface area contributed by atoms with Crippen molar-refractivity contribution in [3.05, 3.63) is 11.9 Å². The lowest BCUT2D eigenvalue weighted by Gasteiger charge is -2.33. The molecule has 2 aliphatic rings. The first-order valence-electron chi connectivity index (χ1n) is 8.80. The molecule has 21 heavy (non-hydrogen) atoms. The standard InChI is InChI=1S/C17H30N4/c1-3-10-20-11-8-16(9-12-20)21-13-14(2)18-17(21)19-15-6-4-5-7-15/h13,15-16H,3-12H2,1-2H3,(H,18,19). The fraction of sp³-hybridized carbons (Fsp3) is 0.824. The molecule has 118 valence electrons. The molecule has 1 aliphatic heterocycles. The summed E-state index contributed by atoms with van der Waals surface area (Å²) in [5.74, 6) is 1.12. The Balaban J connectivity index is 1.64. The minimum atomic E-state index is 0.628. The number of piperidine rings is 1. The molecule has 0 amide bonds. The summed E-state index contributed by atoms with van der Waals surface area (Å²) < 4.78 is 2.43.